The lowest BCUT2D eigenvalue weighted by Gasteiger charge is -2.12. The summed E-state index contributed by atoms with van der Waals surface area (Å²) in [7, 11) is 0. The lowest BCUT2D eigenvalue weighted by molar-refractivity contribution is 1.04. The second-order valence-electron chi connectivity index (χ2n) is 3.78. The molecule has 1 aromatic carbocycles. The molecule has 18 heavy (non-hydrogen) atoms. The highest BCUT2D eigenvalue weighted by Crippen LogP contribution is 2.30. The molecule has 0 aliphatic heterocycles. The molecule has 0 bridgehead atoms. The second-order valence-corrected chi connectivity index (χ2v) is 5.91. The number of benzene rings is 1. The number of nitrogens with zero attached hydrogens (tertiary/aromatic N) is 2. The Morgan fingerprint density at radius 3 is 2.61 bits per heavy atom. The summed E-state index contributed by atoms with van der Waals surface area (Å²) in [4.78, 5) is 8.47. The van der Waals surface area contributed by atoms with Crippen LogP contribution in [0.3, 0.4) is 0 Å². The first-order valence-electron chi connectivity index (χ1n) is 5.20. The number of anilines is 2. The van der Waals surface area contributed by atoms with Gasteiger partial charge in [0.25, 0.3) is 0 Å². The summed E-state index contributed by atoms with van der Waals surface area (Å²) in [6.07, 6.45) is 0. The Kier molecular flexibility index (Phi) is 4.25. The fraction of sp³-hybridized carbons (Fsp3) is 0.167. The maximum absolute atomic E-state index is 6.04. The van der Waals surface area contributed by atoms with Crippen LogP contribution in [0, 0.1) is 13.8 Å². The van der Waals surface area contributed by atoms with Crippen LogP contribution in [0.5, 0.6) is 0 Å². The predicted octanol–water partition coefficient (Wildman–Crippen LogP) is 5.02. The summed E-state index contributed by atoms with van der Waals surface area (Å²) in [6.45, 7) is 3.70. The molecular weight excluding hydrogens is 381 g/mol. The van der Waals surface area contributed by atoms with E-state index in [0.29, 0.717) is 16.8 Å². The maximum Gasteiger partial charge on any atom is 0.138 e. The van der Waals surface area contributed by atoms with Crippen molar-refractivity contribution in [3.05, 3.63) is 43.7 Å². The number of hydrogen-bond donors (Lipinski definition) is 1. The molecule has 0 fully saturated rings. The van der Waals surface area contributed by atoms with Crippen molar-refractivity contribution in [1.82, 2.24) is 9.97 Å². The van der Waals surface area contributed by atoms with Gasteiger partial charge in [-0.2, -0.15) is 0 Å². The molecule has 0 aliphatic carbocycles. The highest BCUT2D eigenvalue weighted by Gasteiger charge is 2.09. The molecule has 0 radical (unpaired) electrons. The van der Waals surface area contributed by atoms with Crippen LogP contribution in [0.25, 0.3) is 0 Å². The Hall–Kier alpha value is -0.650. The van der Waals surface area contributed by atoms with Crippen LogP contribution >= 0.6 is 43.5 Å². The lowest BCUT2D eigenvalue weighted by Crippen LogP contribution is -2.01. The minimum atomic E-state index is 0.469. The van der Waals surface area contributed by atoms with Gasteiger partial charge in [0.2, 0.25) is 0 Å². The van der Waals surface area contributed by atoms with E-state index in [1.807, 2.05) is 32.0 Å². The topological polar surface area (TPSA) is 37.8 Å². The molecule has 0 saturated heterocycles. The zero-order valence-electron chi connectivity index (χ0n) is 9.76. The van der Waals surface area contributed by atoms with Crippen LogP contribution in [-0.4, -0.2) is 9.97 Å². The Morgan fingerprint density at radius 1 is 1.17 bits per heavy atom. The third-order valence-electron chi connectivity index (χ3n) is 2.38. The van der Waals surface area contributed by atoms with E-state index < -0.39 is 0 Å². The van der Waals surface area contributed by atoms with E-state index in [4.69, 9.17) is 11.6 Å². The molecule has 1 N–H and O–H groups in total. The summed E-state index contributed by atoms with van der Waals surface area (Å²) in [6, 6.07) is 5.88. The minimum Gasteiger partial charge on any atom is -0.339 e. The van der Waals surface area contributed by atoms with Gasteiger partial charge in [-0.1, -0.05) is 27.5 Å². The fourth-order valence-corrected chi connectivity index (χ4v) is 2.36. The van der Waals surface area contributed by atoms with E-state index in [1.165, 1.54) is 0 Å². The van der Waals surface area contributed by atoms with Crippen molar-refractivity contribution >= 4 is 55.0 Å². The van der Waals surface area contributed by atoms with Crippen molar-refractivity contribution in [3.63, 3.8) is 0 Å². The molecule has 1 aromatic heterocycles. The largest absolute Gasteiger partial charge is 0.339 e. The average molecular weight is 391 g/mol. The van der Waals surface area contributed by atoms with Gasteiger partial charge in [-0.05, 0) is 48.0 Å². The van der Waals surface area contributed by atoms with Gasteiger partial charge in [0.1, 0.15) is 16.8 Å². The highest BCUT2D eigenvalue weighted by atomic mass is 79.9. The molecule has 2 rings (SSSR count). The average Bonchev–Trinajstić information content (AvgIpc) is 2.30. The molecular formula is C12H10Br2ClN3. The first-order chi connectivity index (χ1) is 8.47. The number of aromatic nitrogens is 2. The van der Waals surface area contributed by atoms with E-state index in [9.17, 15) is 0 Å². The van der Waals surface area contributed by atoms with E-state index in [-0.39, 0.29) is 0 Å². The van der Waals surface area contributed by atoms with Gasteiger partial charge in [0.05, 0.1) is 5.69 Å². The summed E-state index contributed by atoms with van der Waals surface area (Å²) >= 11 is 13.0. The van der Waals surface area contributed by atoms with Gasteiger partial charge in [-0.25, -0.2) is 9.97 Å². The zero-order chi connectivity index (χ0) is 13.3. The molecule has 2 aromatic rings. The molecule has 6 heteroatoms. The van der Waals surface area contributed by atoms with E-state index in [1.54, 1.807) is 0 Å². The summed E-state index contributed by atoms with van der Waals surface area (Å²) < 4.78 is 1.94. The third kappa shape index (κ3) is 3.02. The van der Waals surface area contributed by atoms with Gasteiger partial charge >= 0.3 is 0 Å². The SMILES string of the molecule is Cc1nc(Cl)c(C)c(Nc2cc(Br)ccc2Br)n1. The first kappa shape index (κ1) is 13.8. The number of halogens is 3. The maximum atomic E-state index is 6.04. The molecule has 94 valence electrons. The summed E-state index contributed by atoms with van der Waals surface area (Å²) in [5.74, 6) is 1.35. The van der Waals surface area contributed by atoms with E-state index >= 15 is 0 Å². The Balaban J connectivity index is 2.43. The third-order valence-corrected chi connectivity index (χ3v) is 3.93. The van der Waals surface area contributed by atoms with Crippen LogP contribution in [0.1, 0.15) is 11.4 Å². The van der Waals surface area contributed by atoms with Crippen LogP contribution in [0.2, 0.25) is 5.15 Å². The van der Waals surface area contributed by atoms with Gasteiger partial charge in [-0.3, -0.25) is 0 Å². The zero-order valence-corrected chi connectivity index (χ0v) is 13.7. The van der Waals surface area contributed by atoms with Crippen molar-refractivity contribution in [1.29, 1.82) is 0 Å². The monoisotopic (exact) mass is 389 g/mol. The van der Waals surface area contributed by atoms with Crippen LogP contribution in [0.4, 0.5) is 11.5 Å². The minimum absolute atomic E-state index is 0.469. The highest BCUT2D eigenvalue weighted by molar-refractivity contribution is 9.11. The molecule has 1 heterocycles. The molecule has 0 spiro atoms. The van der Waals surface area contributed by atoms with E-state index in [0.717, 1.165) is 20.2 Å². The quantitative estimate of drug-likeness (QED) is 0.731. The smallest absolute Gasteiger partial charge is 0.138 e. The number of hydrogen-bond acceptors (Lipinski definition) is 3. The fourth-order valence-electron chi connectivity index (χ4n) is 1.44. The van der Waals surface area contributed by atoms with Crippen LogP contribution < -0.4 is 5.32 Å². The molecule has 0 unspecified atom stereocenters. The molecule has 0 saturated carbocycles. The van der Waals surface area contributed by atoms with E-state index in [2.05, 4.69) is 47.1 Å². The molecule has 0 atom stereocenters. The molecule has 3 nitrogen and oxygen atoms in total. The van der Waals surface area contributed by atoms with Crippen molar-refractivity contribution in [3.8, 4) is 0 Å². The normalized spacial score (nSPS) is 10.5. The van der Waals surface area contributed by atoms with Crippen molar-refractivity contribution in [2.45, 2.75) is 13.8 Å². The molecule has 0 aliphatic rings. The number of nitrogens with one attached hydrogen (secondary N) is 1. The Labute approximate surface area is 127 Å². The van der Waals surface area contributed by atoms with Gasteiger partial charge in [0, 0.05) is 14.5 Å². The standard InChI is InChI=1S/C12H10Br2ClN3/c1-6-11(15)16-7(2)17-12(6)18-10-5-8(13)3-4-9(10)14/h3-5H,1-2H3,(H,16,17,18). The van der Waals surface area contributed by atoms with Crippen LogP contribution in [0.15, 0.2) is 27.1 Å². The lowest BCUT2D eigenvalue weighted by atomic mass is 10.3. The predicted molar refractivity (Wildman–Crippen MR) is 81.6 cm³/mol. The first-order valence-corrected chi connectivity index (χ1v) is 7.16. The second kappa shape index (κ2) is 5.55. The molecule has 0 amide bonds. The number of rotatable bonds is 2. The summed E-state index contributed by atoms with van der Waals surface area (Å²) in [5, 5.41) is 3.72. The number of aryl methyl sites for hydroxylation is 1. The van der Waals surface area contributed by atoms with Crippen molar-refractivity contribution in [2.24, 2.45) is 0 Å². The van der Waals surface area contributed by atoms with Gasteiger partial charge < -0.3 is 5.32 Å². The Bertz CT molecular complexity index is 602. The van der Waals surface area contributed by atoms with Crippen molar-refractivity contribution < 1.29 is 0 Å². The van der Waals surface area contributed by atoms with Crippen molar-refractivity contribution in [2.75, 3.05) is 5.32 Å². The van der Waals surface area contributed by atoms with Crippen LogP contribution in [-0.2, 0) is 0 Å². The summed E-state index contributed by atoms with van der Waals surface area (Å²) in [5.41, 5.74) is 1.75. The Morgan fingerprint density at radius 2 is 1.89 bits per heavy atom. The van der Waals surface area contributed by atoms with Gasteiger partial charge in [0.15, 0.2) is 0 Å². The van der Waals surface area contributed by atoms with Gasteiger partial charge in [-0.15, -0.1) is 0 Å².